The zero-order valence-corrected chi connectivity index (χ0v) is 13.6. The van der Waals surface area contributed by atoms with Gasteiger partial charge in [-0.1, -0.05) is 30.3 Å². The summed E-state index contributed by atoms with van der Waals surface area (Å²) in [5, 5.41) is 9.34. The van der Waals surface area contributed by atoms with Crippen LogP contribution >= 0.6 is 0 Å². The Balaban J connectivity index is 2.09. The van der Waals surface area contributed by atoms with Crippen molar-refractivity contribution in [2.75, 3.05) is 18.1 Å². The van der Waals surface area contributed by atoms with Gasteiger partial charge in [-0.15, -0.1) is 0 Å². The summed E-state index contributed by atoms with van der Waals surface area (Å²) in [5.41, 5.74) is 0.769. The van der Waals surface area contributed by atoms with Crippen molar-refractivity contribution >= 4 is 17.1 Å². The van der Waals surface area contributed by atoms with Gasteiger partial charge < -0.3 is 15.0 Å². The minimum atomic E-state index is -0.428. The van der Waals surface area contributed by atoms with Crippen LogP contribution in [0.2, 0.25) is 0 Å². The van der Waals surface area contributed by atoms with Crippen LogP contribution in [0.5, 0.6) is 0 Å². The molecule has 24 heavy (non-hydrogen) atoms. The number of aliphatic hydroxyl groups is 1. The molecule has 2 heterocycles. The van der Waals surface area contributed by atoms with Crippen LogP contribution in [-0.2, 0) is 20.6 Å². The molecule has 126 valence electrons. The van der Waals surface area contributed by atoms with E-state index in [-0.39, 0.29) is 12.1 Å². The second kappa shape index (κ2) is 6.32. The van der Waals surface area contributed by atoms with E-state index in [1.54, 1.807) is 7.05 Å². The van der Waals surface area contributed by atoms with E-state index in [4.69, 9.17) is 0 Å². The molecule has 0 aliphatic carbocycles. The van der Waals surface area contributed by atoms with E-state index in [0.29, 0.717) is 24.7 Å². The van der Waals surface area contributed by atoms with Crippen molar-refractivity contribution in [3.8, 4) is 0 Å². The van der Waals surface area contributed by atoms with Crippen LogP contribution in [0, 0.1) is 0 Å². The number of aromatic amines is 1. The van der Waals surface area contributed by atoms with Gasteiger partial charge in [0, 0.05) is 27.2 Å². The number of aryl methyl sites for hydroxylation is 1. The first-order valence-electron chi connectivity index (χ1n) is 7.58. The Labute approximate surface area is 137 Å². The molecule has 1 aromatic carbocycles. The molecule has 3 rings (SSSR count). The van der Waals surface area contributed by atoms with Crippen LogP contribution in [0.3, 0.4) is 0 Å². The molecule has 0 aliphatic heterocycles. The van der Waals surface area contributed by atoms with Gasteiger partial charge in [-0.25, -0.2) is 4.79 Å². The summed E-state index contributed by atoms with van der Waals surface area (Å²) in [6, 6.07) is 9.75. The van der Waals surface area contributed by atoms with Crippen molar-refractivity contribution in [2.45, 2.75) is 6.54 Å². The molecule has 0 bridgehead atoms. The van der Waals surface area contributed by atoms with Crippen molar-refractivity contribution in [2.24, 2.45) is 14.1 Å². The number of imidazole rings is 1. The van der Waals surface area contributed by atoms with Crippen LogP contribution < -0.4 is 16.1 Å². The molecule has 3 aromatic rings. The molecule has 2 N–H and O–H groups in total. The summed E-state index contributed by atoms with van der Waals surface area (Å²) in [4.78, 5) is 33.5. The number of nitrogens with zero attached hydrogens (tertiary/aromatic N) is 4. The predicted molar refractivity (Wildman–Crippen MR) is 91.2 cm³/mol. The van der Waals surface area contributed by atoms with Gasteiger partial charge in [0.1, 0.15) is 0 Å². The van der Waals surface area contributed by atoms with Gasteiger partial charge in [0.15, 0.2) is 11.2 Å². The van der Waals surface area contributed by atoms with Crippen molar-refractivity contribution in [3.63, 3.8) is 0 Å². The number of H-pyrrole nitrogens is 1. The molecule has 0 atom stereocenters. The molecule has 0 spiro atoms. The lowest BCUT2D eigenvalue weighted by atomic mass is 10.2. The average Bonchev–Trinajstić information content (AvgIpc) is 3.04. The van der Waals surface area contributed by atoms with E-state index in [9.17, 15) is 14.7 Å². The molecule has 0 saturated heterocycles. The molecule has 8 heteroatoms. The maximum atomic E-state index is 12.3. The van der Waals surface area contributed by atoms with Gasteiger partial charge in [-0.05, 0) is 5.56 Å². The number of anilines is 1. The molecular formula is C16H19N5O3. The Morgan fingerprint density at radius 1 is 1.17 bits per heavy atom. The lowest BCUT2D eigenvalue weighted by molar-refractivity contribution is 0.301. The topological polar surface area (TPSA) is 96.2 Å². The fourth-order valence-corrected chi connectivity index (χ4v) is 2.65. The van der Waals surface area contributed by atoms with Crippen molar-refractivity contribution < 1.29 is 5.11 Å². The number of hydrogen-bond acceptors (Lipinski definition) is 5. The summed E-state index contributed by atoms with van der Waals surface area (Å²) in [7, 11) is 3.00. The summed E-state index contributed by atoms with van der Waals surface area (Å²) in [5.74, 6) is 0.446. The first-order valence-corrected chi connectivity index (χ1v) is 7.58. The summed E-state index contributed by atoms with van der Waals surface area (Å²) < 4.78 is 2.37. The highest BCUT2D eigenvalue weighted by Crippen LogP contribution is 2.16. The van der Waals surface area contributed by atoms with E-state index < -0.39 is 11.2 Å². The standard InChI is InChI=1S/C16H19N5O3/c1-19-13-12(14(23)20(2)16(19)24)17-15(18-13)21(8-9-22)10-11-6-4-3-5-7-11/h3-7,22H,8-10H2,1-2H3,(H,17,18). The van der Waals surface area contributed by atoms with Crippen LogP contribution in [0.15, 0.2) is 39.9 Å². The van der Waals surface area contributed by atoms with E-state index in [2.05, 4.69) is 9.97 Å². The monoisotopic (exact) mass is 329 g/mol. The Morgan fingerprint density at radius 3 is 2.54 bits per heavy atom. The third-order valence-corrected chi connectivity index (χ3v) is 3.97. The zero-order chi connectivity index (χ0) is 17.3. The first kappa shape index (κ1) is 16.0. The second-order valence-electron chi connectivity index (χ2n) is 5.60. The fourth-order valence-electron chi connectivity index (χ4n) is 2.65. The van der Waals surface area contributed by atoms with Gasteiger partial charge in [-0.2, -0.15) is 4.98 Å². The Hall–Kier alpha value is -2.87. The average molecular weight is 329 g/mol. The molecule has 0 aliphatic rings. The Morgan fingerprint density at radius 2 is 1.88 bits per heavy atom. The number of benzene rings is 1. The Bertz CT molecular complexity index is 971. The van der Waals surface area contributed by atoms with Crippen LogP contribution in [0.4, 0.5) is 5.95 Å². The Kier molecular flexibility index (Phi) is 4.22. The van der Waals surface area contributed by atoms with E-state index in [0.717, 1.165) is 10.1 Å². The number of fused-ring (bicyclic) bond motifs is 1. The predicted octanol–water partition coefficient (Wildman–Crippen LogP) is -0.0408. The number of aromatic nitrogens is 4. The number of hydrogen-bond donors (Lipinski definition) is 2. The number of rotatable bonds is 5. The van der Waals surface area contributed by atoms with Gasteiger partial charge in [0.2, 0.25) is 5.95 Å². The summed E-state index contributed by atoms with van der Waals surface area (Å²) in [6.45, 7) is 0.819. The molecule has 0 amide bonds. The fraction of sp³-hybridized carbons (Fsp3) is 0.312. The van der Waals surface area contributed by atoms with Gasteiger partial charge >= 0.3 is 5.69 Å². The third kappa shape index (κ3) is 2.71. The number of aliphatic hydroxyl groups excluding tert-OH is 1. The SMILES string of the molecule is Cn1c(=O)c2[nH]c(N(CCO)Cc3ccccc3)nc2n(C)c1=O. The minimum absolute atomic E-state index is 0.0547. The highest BCUT2D eigenvalue weighted by atomic mass is 16.3. The summed E-state index contributed by atoms with van der Waals surface area (Å²) in [6.07, 6.45) is 0. The molecule has 8 nitrogen and oxygen atoms in total. The van der Waals surface area contributed by atoms with Gasteiger partial charge in [-0.3, -0.25) is 13.9 Å². The first-order chi connectivity index (χ1) is 11.5. The van der Waals surface area contributed by atoms with E-state index in [1.807, 2.05) is 35.2 Å². The smallest absolute Gasteiger partial charge is 0.332 e. The molecule has 0 unspecified atom stereocenters. The largest absolute Gasteiger partial charge is 0.395 e. The highest BCUT2D eigenvalue weighted by Gasteiger charge is 2.17. The lowest BCUT2D eigenvalue weighted by Gasteiger charge is -2.20. The molecule has 2 aromatic heterocycles. The van der Waals surface area contributed by atoms with Crippen LogP contribution in [-0.4, -0.2) is 37.4 Å². The van der Waals surface area contributed by atoms with E-state index in [1.165, 1.54) is 11.6 Å². The third-order valence-electron chi connectivity index (χ3n) is 3.97. The quantitative estimate of drug-likeness (QED) is 0.685. The molecular weight excluding hydrogens is 310 g/mol. The maximum absolute atomic E-state index is 12.3. The normalized spacial score (nSPS) is 11.1. The van der Waals surface area contributed by atoms with Crippen molar-refractivity contribution in [1.82, 2.24) is 19.1 Å². The highest BCUT2D eigenvalue weighted by molar-refractivity contribution is 5.73. The van der Waals surface area contributed by atoms with Gasteiger partial charge in [0.05, 0.1) is 6.61 Å². The molecule has 0 radical (unpaired) electrons. The number of nitrogens with one attached hydrogen (secondary N) is 1. The summed E-state index contributed by atoms with van der Waals surface area (Å²) >= 11 is 0. The maximum Gasteiger partial charge on any atom is 0.332 e. The second-order valence-corrected chi connectivity index (χ2v) is 5.60. The molecule has 0 saturated carbocycles. The zero-order valence-electron chi connectivity index (χ0n) is 13.6. The van der Waals surface area contributed by atoms with E-state index >= 15 is 0 Å². The van der Waals surface area contributed by atoms with Gasteiger partial charge in [0.25, 0.3) is 5.56 Å². The molecule has 0 fully saturated rings. The minimum Gasteiger partial charge on any atom is -0.395 e. The van der Waals surface area contributed by atoms with Crippen molar-refractivity contribution in [1.29, 1.82) is 0 Å². The van der Waals surface area contributed by atoms with Crippen LogP contribution in [0.25, 0.3) is 11.2 Å². The van der Waals surface area contributed by atoms with Crippen molar-refractivity contribution in [3.05, 3.63) is 56.7 Å². The van der Waals surface area contributed by atoms with Crippen LogP contribution in [0.1, 0.15) is 5.56 Å². The lowest BCUT2D eigenvalue weighted by Crippen LogP contribution is -2.36.